The van der Waals surface area contributed by atoms with Crippen molar-refractivity contribution in [1.29, 1.82) is 0 Å². The minimum Gasteiger partial charge on any atom is -0.479 e. The van der Waals surface area contributed by atoms with E-state index < -0.39 is 12.1 Å². The largest absolute Gasteiger partial charge is 0.479 e. The quantitative estimate of drug-likeness (QED) is 0.624. The molecule has 4 nitrogen and oxygen atoms in total. The van der Waals surface area contributed by atoms with Crippen molar-refractivity contribution in [3.8, 4) is 0 Å². The Bertz CT molecular complexity index is 185. The molecule has 0 saturated heterocycles. The van der Waals surface area contributed by atoms with Crippen LogP contribution >= 0.6 is 0 Å². The van der Waals surface area contributed by atoms with Crippen LogP contribution in [-0.4, -0.2) is 48.3 Å². The summed E-state index contributed by atoms with van der Waals surface area (Å²) in [5, 5.41) is 8.92. The molecular formula is C12H25NO3. The molecule has 0 saturated carbocycles. The Morgan fingerprint density at radius 3 is 2.44 bits per heavy atom. The maximum absolute atomic E-state index is 10.9. The van der Waals surface area contributed by atoms with E-state index in [-0.39, 0.29) is 0 Å². The summed E-state index contributed by atoms with van der Waals surface area (Å²) in [7, 11) is 0. The number of ether oxygens (including phenoxy) is 1. The second-order valence-electron chi connectivity index (χ2n) is 3.86. The van der Waals surface area contributed by atoms with Crippen LogP contribution in [0.3, 0.4) is 0 Å². The number of carboxylic acids is 1. The van der Waals surface area contributed by atoms with E-state index in [1.54, 1.807) is 0 Å². The average molecular weight is 231 g/mol. The van der Waals surface area contributed by atoms with Crippen molar-refractivity contribution >= 4 is 5.97 Å². The lowest BCUT2D eigenvalue weighted by atomic mass is 10.2. The number of aliphatic carboxylic acids is 1. The second-order valence-corrected chi connectivity index (χ2v) is 3.86. The van der Waals surface area contributed by atoms with Gasteiger partial charge in [0.2, 0.25) is 0 Å². The highest BCUT2D eigenvalue weighted by atomic mass is 16.5. The number of nitrogens with zero attached hydrogens (tertiary/aromatic N) is 1. The molecule has 0 spiro atoms. The molecule has 0 aliphatic carbocycles. The Balaban J connectivity index is 3.90. The van der Waals surface area contributed by atoms with Gasteiger partial charge in [0.15, 0.2) is 6.10 Å². The number of unbranched alkanes of at least 4 members (excludes halogenated alkanes) is 1. The number of carboxylic acid groups (broad SMARTS) is 1. The highest BCUT2D eigenvalue weighted by molar-refractivity contribution is 5.72. The van der Waals surface area contributed by atoms with Crippen molar-refractivity contribution in [3.63, 3.8) is 0 Å². The summed E-state index contributed by atoms with van der Waals surface area (Å²) < 4.78 is 5.18. The fraction of sp³-hybridized carbons (Fsp3) is 0.917. The SMILES string of the molecule is CCCCN(CC)CCC(OCC)C(=O)O. The molecule has 0 aliphatic heterocycles. The predicted molar refractivity (Wildman–Crippen MR) is 64.7 cm³/mol. The molecule has 1 N–H and O–H groups in total. The van der Waals surface area contributed by atoms with Crippen LogP contribution in [0.4, 0.5) is 0 Å². The third-order valence-electron chi connectivity index (χ3n) is 2.63. The van der Waals surface area contributed by atoms with Gasteiger partial charge in [0.05, 0.1) is 0 Å². The minimum absolute atomic E-state index is 0.456. The van der Waals surface area contributed by atoms with Crippen molar-refractivity contribution in [3.05, 3.63) is 0 Å². The Kier molecular flexibility index (Phi) is 9.24. The Hall–Kier alpha value is -0.610. The minimum atomic E-state index is -0.853. The normalized spacial score (nSPS) is 13.0. The molecule has 0 aromatic rings. The standard InChI is InChI=1S/C12H25NO3/c1-4-7-9-13(5-2)10-8-11(12(14)15)16-6-3/h11H,4-10H2,1-3H3,(H,14,15). The smallest absolute Gasteiger partial charge is 0.332 e. The average Bonchev–Trinajstić information content (AvgIpc) is 2.27. The Labute approximate surface area is 98.6 Å². The van der Waals surface area contributed by atoms with Gasteiger partial charge in [-0.05, 0) is 32.9 Å². The highest BCUT2D eigenvalue weighted by Crippen LogP contribution is 2.03. The molecule has 0 aromatic heterocycles. The zero-order valence-corrected chi connectivity index (χ0v) is 10.7. The summed E-state index contributed by atoms with van der Waals surface area (Å²) in [5.74, 6) is -0.853. The molecular weight excluding hydrogens is 206 g/mol. The van der Waals surface area contributed by atoms with E-state index in [0.717, 1.165) is 19.6 Å². The van der Waals surface area contributed by atoms with E-state index in [1.807, 2.05) is 6.92 Å². The molecule has 0 amide bonds. The first kappa shape index (κ1) is 15.4. The fourth-order valence-electron chi connectivity index (χ4n) is 1.59. The van der Waals surface area contributed by atoms with Crippen molar-refractivity contribution in [2.24, 2.45) is 0 Å². The van der Waals surface area contributed by atoms with Gasteiger partial charge in [-0.25, -0.2) is 4.79 Å². The first-order valence-corrected chi connectivity index (χ1v) is 6.22. The van der Waals surface area contributed by atoms with Gasteiger partial charge in [0, 0.05) is 13.2 Å². The topological polar surface area (TPSA) is 49.8 Å². The molecule has 0 radical (unpaired) electrons. The van der Waals surface area contributed by atoms with Gasteiger partial charge in [-0.3, -0.25) is 0 Å². The zero-order chi connectivity index (χ0) is 12.4. The first-order chi connectivity index (χ1) is 7.65. The fourth-order valence-corrected chi connectivity index (χ4v) is 1.59. The van der Waals surface area contributed by atoms with Crippen LogP contribution in [0.25, 0.3) is 0 Å². The van der Waals surface area contributed by atoms with Crippen LogP contribution in [0.5, 0.6) is 0 Å². The van der Waals surface area contributed by atoms with E-state index in [2.05, 4.69) is 18.7 Å². The number of carbonyl (C=O) groups is 1. The maximum atomic E-state index is 10.9. The lowest BCUT2D eigenvalue weighted by molar-refractivity contribution is -0.150. The summed E-state index contributed by atoms with van der Waals surface area (Å²) in [4.78, 5) is 13.1. The van der Waals surface area contributed by atoms with Gasteiger partial charge in [-0.15, -0.1) is 0 Å². The van der Waals surface area contributed by atoms with Gasteiger partial charge >= 0.3 is 5.97 Å². The molecule has 96 valence electrons. The maximum Gasteiger partial charge on any atom is 0.332 e. The van der Waals surface area contributed by atoms with Crippen molar-refractivity contribution < 1.29 is 14.6 Å². The number of rotatable bonds is 10. The molecule has 0 fully saturated rings. The summed E-state index contributed by atoms with van der Waals surface area (Å²) in [5.41, 5.74) is 0. The van der Waals surface area contributed by atoms with Crippen LogP contribution < -0.4 is 0 Å². The van der Waals surface area contributed by atoms with E-state index in [4.69, 9.17) is 9.84 Å². The van der Waals surface area contributed by atoms with Crippen molar-refractivity contribution in [1.82, 2.24) is 4.90 Å². The van der Waals surface area contributed by atoms with E-state index in [9.17, 15) is 4.79 Å². The summed E-state index contributed by atoms with van der Waals surface area (Å²) in [6, 6.07) is 0. The summed E-state index contributed by atoms with van der Waals surface area (Å²) in [6.45, 7) is 9.36. The molecule has 0 rings (SSSR count). The second kappa shape index (κ2) is 9.60. The third kappa shape index (κ3) is 6.80. The molecule has 0 aromatic carbocycles. The van der Waals surface area contributed by atoms with E-state index in [1.165, 1.54) is 12.8 Å². The lowest BCUT2D eigenvalue weighted by Gasteiger charge is -2.22. The Morgan fingerprint density at radius 1 is 1.31 bits per heavy atom. The molecule has 16 heavy (non-hydrogen) atoms. The summed E-state index contributed by atoms with van der Waals surface area (Å²) >= 11 is 0. The molecule has 1 unspecified atom stereocenters. The number of hydrogen-bond donors (Lipinski definition) is 1. The van der Waals surface area contributed by atoms with E-state index >= 15 is 0 Å². The lowest BCUT2D eigenvalue weighted by Crippen LogP contribution is -2.32. The van der Waals surface area contributed by atoms with Gasteiger partial charge < -0.3 is 14.7 Å². The first-order valence-electron chi connectivity index (χ1n) is 6.22. The van der Waals surface area contributed by atoms with Crippen LogP contribution in [0.15, 0.2) is 0 Å². The van der Waals surface area contributed by atoms with E-state index in [0.29, 0.717) is 13.0 Å². The van der Waals surface area contributed by atoms with Crippen LogP contribution in [-0.2, 0) is 9.53 Å². The molecule has 0 bridgehead atoms. The predicted octanol–water partition coefficient (Wildman–Crippen LogP) is 1.99. The highest BCUT2D eigenvalue weighted by Gasteiger charge is 2.17. The molecule has 0 aliphatic rings. The van der Waals surface area contributed by atoms with Crippen LogP contribution in [0.1, 0.15) is 40.0 Å². The van der Waals surface area contributed by atoms with Gasteiger partial charge in [-0.2, -0.15) is 0 Å². The van der Waals surface area contributed by atoms with Gasteiger partial charge in [0.25, 0.3) is 0 Å². The van der Waals surface area contributed by atoms with Crippen molar-refractivity contribution in [2.45, 2.75) is 46.1 Å². The van der Waals surface area contributed by atoms with Crippen LogP contribution in [0.2, 0.25) is 0 Å². The monoisotopic (exact) mass is 231 g/mol. The third-order valence-corrected chi connectivity index (χ3v) is 2.63. The Morgan fingerprint density at radius 2 is 2.00 bits per heavy atom. The molecule has 0 heterocycles. The van der Waals surface area contributed by atoms with Gasteiger partial charge in [-0.1, -0.05) is 20.3 Å². The zero-order valence-electron chi connectivity index (χ0n) is 10.7. The van der Waals surface area contributed by atoms with Crippen molar-refractivity contribution in [2.75, 3.05) is 26.2 Å². The van der Waals surface area contributed by atoms with Gasteiger partial charge in [0.1, 0.15) is 0 Å². The molecule has 4 heteroatoms. The molecule has 1 atom stereocenters. The number of hydrogen-bond acceptors (Lipinski definition) is 3. The summed E-state index contributed by atoms with van der Waals surface area (Å²) in [6.07, 6.45) is 2.26. The van der Waals surface area contributed by atoms with Crippen LogP contribution in [0, 0.1) is 0 Å².